The van der Waals surface area contributed by atoms with E-state index in [1.54, 1.807) is 30.3 Å². The van der Waals surface area contributed by atoms with E-state index in [0.717, 1.165) is 18.8 Å². The highest BCUT2D eigenvalue weighted by Gasteiger charge is 2.22. The minimum Gasteiger partial charge on any atom is -0.477 e. The maximum atomic E-state index is 15.4. The number of carboxylic acids is 1. The first-order chi connectivity index (χ1) is 13.8. The molecule has 0 saturated carbocycles. The third-order valence-corrected chi connectivity index (χ3v) is 4.53. The number of para-hydroxylation sites is 1. The summed E-state index contributed by atoms with van der Waals surface area (Å²) in [7, 11) is 3.80. The van der Waals surface area contributed by atoms with Crippen LogP contribution in [0.3, 0.4) is 0 Å². The minimum atomic E-state index is -1.46. The van der Waals surface area contributed by atoms with Gasteiger partial charge in [0.25, 0.3) is 0 Å². The van der Waals surface area contributed by atoms with Crippen molar-refractivity contribution in [1.29, 1.82) is 0 Å². The van der Waals surface area contributed by atoms with Crippen LogP contribution in [0, 0.1) is 11.6 Å². The first kappa shape index (κ1) is 20.5. The molecule has 0 bridgehead atoms. The predicted molar refractivity (Wildman–Crippen MR) is 108 cm³/mol. The molecule has 2 aromatic carbocycles. The molecule has 0 fully saturated rings. The quantitative estimate of drug-likeness (QED) is 0.594. The summed E-state index contributed by atoms with van der Waals surface area (Å²) in [5.41, 5.74) is -1.57. The van der Waals surface area contributed by atoms with Crippen molar-refractivity contribution in [3.8, 4) is 5.69 Å². The van der Waals surface area contributed by atoms with Crippen molar-refractivity contribution in [2.75, 3.05) is 32.5 Å². The van der Waals surface area contributed by atoms with Crippen molar-refractivity contribution in [2.24, 2.45) is 0 Å². The van der Waals surface area contributed by atoms with Crippen molar-refractivity contribution in [1.82, 2.24) is 9.47 Å². The minimum absolute atomic E-state index is 0.178. The van der Waals surface area contributed by atoms with Gasteiger partial charge < -0.3 is 19.9 Å². The summed E-state index contributed by atoms with van der Waals surface area (Å²) in [6.45, 7) is 1.07. The lowest BCUT2D eigenvalue weighted by molar-refractivity contribution is 0.0695. The first-order valence-corrected chi connectivity index (χ1v) is 9.06. The highest BCUT2D eigenvalue weighted by molar-refractivity contribution is 5.94. The highest BCUT2D eigenvalue weighted by atomic mass is 19.1. The number of nitrogens with zero attached hydrogens (tertiary/aromatic N) is 2. The van der Waals surface area contributed by atoms with Gasteiger partial charge >= 0.3 is 5.97 Å². The largest absolute Gasteiger partial charge is 0.477 e. The molecule has 0 atom stereocenters. The number of carbonyl (C=O) groups is 1. The van der Waals surface area contributed by atoms with Gasteiger partial charge in [-0.15, -0.1) is 0 Å². The molecule has 0 radical (unpaired) electrons. The number of nitrogens with one attached hydrogen (secondary N) is 1. The van der Waals surface area contributed by atoms with E-state index in [1.165, 1.54) is 4.57 Å². The van der Waals surface area contributed by atoms with Gasteiger partial charge in [-0.25, -0.2) is 13.6 Å². The molecule has 1 aromatic heterocycles. The smallest absolute Gasteiger partial charge is 0.341 e. The lowest BCUT2D eigenvalue weighted by atomic mass is 10.1. The van der Waals surface area contributed by atoms with Crippen LogP contribution in [0.4, 0.5) is 14.5 Å². The second kappa shape index (κ2) is 8.40. The van der Waals surface area contributed by atoms with Gasteiger partial charge in [0, 0.05) is 18.4 Å². The number of halogens is 2. The fourth-order valence-corrected chi connectivity index (χ4v) is 3.13. The molecular weight excluding hydrogens is 380 g/mol. The topological polar surface area (TPSA) is 74.6 Å². The maximum Gasteiger partial charge on any atom is 0.341 e. The molecule has 152 valence electrons. The Kier molecular flexibility index (Phi) is 5.93. The molecule has 1 heterocycles. The van der Waals surface area contributed by atoms with Gasteiger partial charge in [-0.3, -0.25) is 4.79 Å². The van der Waals surface area contributed by atoms with E-state index >= 15 is 4.39 Å². The predicted octanol–water partition coefficient (Wildman–Crippen LogP) is 3.33. The first-order valence-electron chi connectivity index (χ1n) is 9.06. The molecule has 0 amide bonds. The zero-order chi connectivity index (χ0) is 21.1. The summed E-state index contributed by atoms with van der Waals surface area (Å²) in [5.74, 6) is -3.35. The average molecular weight is 401 g/mol. The van der Waals surface area contributed by atoms with Crippen molar-refractivity contribution < 1.29 is 18.7 Å². The van der Waals surface area contributed by atoms with Crippen LogP contribution >= 0.6 is 0 Å². The molecule has 0 saturated heterocycles. The Morgan fingerprint density at radius 3 is 2.52 bits per heavy atom. The molecule has 29 heavy (non-hydrogen) atoms. The van der Waals surface area contributed by atoms with Crippen molar-refractivity contribution in [2.45, 2.75) is 6.42 Å². The van der Waals surface area contributed by atoms with E-state index in [2.05, 4.69) is 5.32 Å². The van der Waals surface area contributed by atoms with Gasteiger partial charge in [-0.2, -0.15) is 0 Å². The Hall–Kier alpha value is -3.26. The molecule has 3 rings (SSSR count). The highest BCUT2D eigenvalue weighted by Crippen LogP contribution is 2.28. The second-order valence-corrected chi connectivity index (χ2v) is 6.91. The summed E-state index contributed by atoms with van der Waals surface area (Å²) in [6.07, 6.45) is 1.73. The summed E-state index contributed by atoms with van der Waals surface area (Å²) >= 11 is 0. The average Bonchev–Trinajstić information content (AvgIpc) is 2.68. The van der Waals surface area contributed by atoms with E-state index in [1.807, 2.05) is 19.0 Å². The number of rotatable bonds is 7. The Labute approximate surface area is 166 Å². The number of hydrogen-bond acceptors (Lipinski definition) is 4. The summed E-state index contributed by atoms with van der Waals surface area (Å²) in [4.78, 5) is 26.0. The van der Waals surface area contributed by atoms with Crippen molar-refractivity contribution in [3.63, 3.8) is 0 Å². The molecule has 2 N–H and O–H groups in total. The van der Waals surface area contributed by atoms with Crippen molar-refractivity contribution in [3.05, 3.63) is 70.0 Å². The van der Waals surface area contributed by atoms with Crippen LogP contribution in [0.25, 0.3) is 16.6 Å². The van der Waals surface area contributed by atoms with Crippen LogP contribution < -0.4 is 10.7 Å². The van der Waals surface area contributed by atoms with Crippen molar-refractivity contribution >= 4 is 22.6 Å². The number of hydrogen-bond donors (Lipinski definition) is 2. The lowest BCUT2D eigenvalue weighted by Crippen LogP contribution is -2.20. The van der Waals surface area contributed by atoms with Gasteiger partial charge in [-0.05, 0) is 45.3 Å². The molecule has 0 aliphatic carbocycles. The zero-order valence-corrected chi connectivity index (χ0v) is 16.1. The van der Waals surface area contributed by atoms with Crippen LogP contribution in [-0.2, 0) is 0 Å². The van der Waals surface area contributed by atoms with Gasteiger partial charge in [0.1, 0.15) is 17.1 Å². The van der Waals surface area contributed by atoms with E-state index < -0.39 is 28.6 Å². The molecule has 0 aliphatic rings. The molecule has 0 aliphatic heterocycles. The second-order valence-electron chi connectivity index (χ2n) is 6.91. The Bertz CT molecular complexity index is 1110. The van der Waals surface area contributed by atoms with Gasteiger partial charge in [0.15, 0.2) is 5.82 Å². The lowest BCUT2D eigenvalue weighted by Gasteiger charge is -2.17. The van der Waals surface area contributed by atoms with E-state index in [-0.39, 0.29) is 16.6 Å². The normalized spacial score (nSPS) is 11.2. The van der Waals surface area contributed by atoms with Gasteiger partial charge in [0.05, 0.1) is 10.9 Å². The Morgan fingerprint density at radius 1 is 1.21 bits per heavy atom. The monoisotopic (exact) mass is 401 g/mol. The molecule has 8 heteroatoms. The maximum absolute atomic E-state index is 15.4. The third kappa shape index (κ3) is 4.12. The van der Waals surface area contributed by atoms with Crippen LogP contribution in [0.15, 0.2) is 47.4 Å². The molecule has 0 spiro atoms. The summed E-state index contributed by atoms with van der Waals surface area (Å²) in [6, 6.07) is 9.31. The number of fused-ring (bicyclic) bond motifs is 1. The number of aromatic nitrogens is 1. The standard InChI is InChI=1S/C21H21F2N3O3/c1-25(2)10-6-9-24-18-16(22)11-14-19(17(18)23)26(13-7-4-3-5-8-13)12-15(20(14)27)21(28)29/h3-5,7-8,11-12,24H,6,9-10H2,1-2H3,(H,28,29). The number of anilines is 1. The number of pyridine rings is 1. The fraction of sp³-hybridized carbons (Fsp3) is 0.238. The van der Waals surface area contributed by atoms with Crippen LogP contribution in [0.1, 0.15) is 16.8 Å². The van der Waals surface area contributed by atoms with Crippen LogP contribution in [0.2, 0.25) is 0 Å². The summed E-state index contributed by atoms with van der Waals surface area (Å²) in [5, 5.41) is 11.8. The van der Waals surface area contributed by atoms with E-state index in [0.29, 0.717) is 18.7 Å². The number of benzene rings is 2. The van der Waals surface area contributed by atoms with Gasteiger partial charge in [-0.1, -0.05) is 18.2 Å². The van der Waals surface area contributed by atoms with E-state index in [9.17, 15) is 19.1 Å². The number of carboxylic acid groups (broad SMARTS) is 1. The third-order valence-electron chi connectivity index (χ3n) is 4.53. The van der Waals surface area contributed by atoms with Gasteiger partial charge in [0.2, 0.25) is 5.43 Å². The van der Waals surface area contributed by atoms with Crippen LogP contribution in [0.5, 0.6) is 0 Å². The number of aromatic carboxylic acids is 1. The summed E-state index contributed by atoms with van der Waals surface area (Å²) < 4.78 is 31.2. The molecule has 0 unspecified atom stereocenters. The molecule has 6 nitrogen and oxygen atoms in total. The Balaban J connectivity index is 2.22. The zero-order valence-electron chi connectivity index (χ0n) is 16.1. The van der Waals surface area contributed by atoms with Crippen LogP contribution in [-0.4, -0.2) is 47.7 Å². The Morgan fingerprint density at radius 2 is 1.90 bits per heavy atom. The fourth-order valence-electron chi connectivity index (χ4n) is 3.13. The SMILES string of the molecule is CN(C)CCCNc1c(F)cc2c(=O)c(C(=O)O)cn(-c3ccccc3)c2c1F. The molecular formula is C21H21F2N3O3. The molecule has 3 aromatic rings. The van der Waals surface area contributed by atoms with E-state index in [4.69, 9.17) is 0 Å².